The lowest BCUT2D eigenvalue weighted by Gasteiger charge is -2.51. The van der Waals surface area contributed by atoms with E-state index in [4.69, 9.17) is 16.6 Å². The van der Waals surface area contributed by atoms with Crippen molar-refractivity contribution in [3.8, 4) is 22.6 Å². The van der Waals surface area contributed by atoms with Gasteiger partial charge in [0.15, 0.2) is 11.5 Å². The number of hydrogen-bond acceptors (Lipinski definition) is 4. The van der Waals surface area contributed by atoms with Crippen LogP contribution in [-0.4, -0.2) is 27.8 Å². The Morgan fingerprint density at radius 3 is 2.65 bits per heavy atom. The molecule has 0 saturated carbocycles. The topological polar surface area (TPSA) is 65.4 Å². The monoisotopic (exact) mass is 434 g/mol. The average molecular weight is 435 g/mol. The highest BCUT2D eigenvalue weighted by Crippen LogP contribution is 2.53. The summed E-state index contributed by atoms with van der Waals surface area (Å²) in [4.78, 5) is 4.89. The minimum atomic E-state index is -0.251. The number of pyridine rings is 1. The number of halogens is 1. The van der Waals surface area contributed by atoms with Gasteiger partial charge in [-0.15, -0.1) is 0 Å². The van der Waals surface area contributed by atoms with Gasteiger partial charge in [0.25, 0.3) is 0 Å². The van der Waals surface area contributed by atoms with Crippen LogP contribution in [0.25, 0.3) is 11.1 Å². The molecule has 1 aliphatic carbocycles. The second-order valence-corrected chi connectivity index (χ2v) is 9.53. The molecule has 3 unspecified atom stereocenters. The molecule has 5 heteroatoms. The number of phenolic OH excluding ortho intramolecular Hbond substituents is 2. The molecule has 3 aromatic rings. The van der Waals surface area contributed by atoms with Crippen LogP contribution in [0.1, 0.15) is 35.7 Å². The van der Waals surface area contributed by atoms with E-state index in [1.165, 1.54) is 5.56 Å². The van der Waals surface area contributed by atoms with Crippen LogP contribution >= 0.6 is 11.6 Å². The van der Waals surface area contributed by atoms with E-state index in [0.717, 1.165) is 58.8 Å². The van der Waals surface area contributed by atoms with Gasteiger partial charge < -0.3 is 15.5 Å². The van der Waals surface area contributed by atoms with Crippen molar-refractivity contribution in [1.82, 2.24) is 10.3 Å². The number of phenols is 2. The summed E-state index contributed by atoms with van der Waals surface area (Å²) in [5, 5.41) is 25.6. The van der Waals surface area contributed by atoms with E-state index in [9.17, 15) is 10.2 Å². The van der Waals surface area contributed by atoms with Gasteiger partial charge in [0, 0.05) is 45.9 Å². The summed E-state index contributed by atoms with van der Waals surface area (Å²) in [6.45, 7) is 5.14. The van der Waals surface area contributed by atoms with Crippen molar-refractivity contribution in [3.63, 3.8) is 0 Å². The summed E-state index contributed by atoms with van der Waals surface area (Å²) < 4.78 is 0. The lowest BCUT2D eigenvalue weighted by Crippen LogP contribution is -2.57. The van der Waals surface area contributed by atoms with Crippen LogP contribution in [0.2, 0.25) is 5.02 Å². The molecule has 2 aromatic carbocycles. The number of piperidine rings is 1. The fourth-order valence-corrected chi connectivity index (χ4v) is 5.97. The molecule has 3 N–H and O–H groups in total. The standard InChI is InChI=1S/C26H27ClN2O2/c1-15-3-8-23(30)25(31)24(15)26-9-10-28-16(2)21(26)12-18-11-19(14-29-22(18)13-26)17-4-6-20(27)7-5-17/h3-8,11,14,16,21,28,30-31H,9-10,12-13H2,1-2H3. The average Bonchev–Trinajstić information content (AvgIpc) is 2.76. The number of nitrogens with zero attached hydrogens (tertiary/aromatic N) is 1. The molecule has 5 rings (SSSR count). The molecule has 1 fully saturated rings. The molecule has 2 aliphatic rings. The van der Waals surface area contributed by atoms with Gasteiger partial charge in [-0.25, -0.2) is 0 Å². The number of aryl methyl sites for hydroxylation is 1. The first-order valence-corrected chi connectivity index (χ1v) is 11.3. The van der Waals surface area contributed by atoms with Crippen LogP contribution in [0.3, 0.4) is 0 Å². The Kier molecular flexibility index (Phi) is 4.95. The second-order valence-electron chi connectivity index (χ2n) is 9.10. The van der Waals surface area contributed by atoms with Crippen molar-refractivity contribution in [2.24, 2.45) is 5.92 Å². The summed E-state index contributed by atoms with van der Waals surface area (Å²) in [5.41, 5.74) is 6.21. The van der Waals surface area contributed by atoms with Crippen molar-refractivity contribution in [2.75, 3.05) is 6.54 Å². The number of rotatable bonds is 2. The summed E-state index contributed by atoms with van der Waals surface area (Å²) in [6, 6.07) is 13.9. The van der Waals surface area contributed by atoms with E-state index in [0.29, 0.717) is 12.0 Å². The maximum Gasteiger partial charge on any atom is 0.161 e. The van der Waals surface area contributed by atoms with E-state index >= 15 is 0 Å². The van der Waals surface area contributed by atoms with E-state index in [-0.39, 0.29) is 16.9 Å². The number of fused-ring (bicyclic) bond motifs is 2. The van der Waals surface area contributed by atoms with Crippen molar-refractivity contribution in [1.29, 1.82) is 0 Å². The van der Waals surface area contributed by atoms with Gasteiger partial charge in [0.05, 0.1) is 0 Å². The van der Waals surface area contributed by atoms with Crippen LogP contribution in [-0.2, 0) is 18.3 Å². The van der Waals surface area contributed by atoms with Gasteiger partial charge >= 0.3 is 0 Å². The first-order chi connectivity index (χ1) is 14.9. The minimum absolute atomic E-state index is 0.0281. The minimum Gasteiger partial charge on any atom is -0.504 e. The summed E-state index contributed by atoms with van der Waals surface area (Å²) in [6.07, 6.45) is 4.49. The Bertz CT molecular complexity index is 1140. The fraction of sp³-hybridized carbons (Fsp3) is 0.346. The largest absolute Gasteiger partial charge is 0.504 e. The normalized spacial score (nSPS) is 25.0. The zero-order chi connectivity index (χ0) is 21.8. The lowest BCUT2D eigenvalue weighted by molar-refractivity contribution is 0.134. The SMILES string of the molecule is Cc1ccc(O)c(O)c1C12CCNC(C)C1Cc1cc(-c3ccc(Cl)cc3)cnc1C2. The first-order valence-electron chi connectivity index (χ1n) is 10.9. The maximum absolute atomic E-state index is 10.9. The molecule has 31 heavy (non-hydrogen) atoms. The van der Waals surface area contributed by atoms with Crippen LogP contribution in [0.5, 0.6) is 11.5 Å². The summed E-state index contributed by atoms with van der Waals surface area (Å²) >= 11 is 6.06. The van der Waals surface area contributed by atoms with Gasteiger partial charge in [-0.1, -0.05) is 29.8 Å². The second kappa shape index (κ2) is 7.54. The molecule has 1 aromatic heterocycles. The Balaban J connectivity index is 1.63. The zero-order valence-electron chi connectivity index (χ0n) is 17.8. The lowest BCUT2D eigenvalue weighted by atomic mass is 9.56. The quantitative estimate of drug-likeness (QED) is 0.487. The highest BCUT2D eigenvalue weighted by molar-refractivity contribution is 6.30. The zero-order valence-corrected chi connectivity index (χ0v) is 18.6. The highest BCUT2D eigenvalue weighted by atomic mass is 35.5. The Labute approximate surface area is 187 Å². The Hall–Kier alpha value is -2.56. The molecule has 2 heterocycles. The predicted octanol–water partition coefficient (Wildman–Crippen LogP) is 5.16. The number of hydrogen-bond donors (Lipinski definition) is 3. The van der Waals surface area contributed by atoms with Crippen molar-refractivity contribution < 1.29 is 10.2 Å². The van der Waals surface area contributed by atoms with E-state index in [1.807, 2.05) is 43.5 Å². The van der Waals surface area contributed by atoms with E-state index in [2.05, 4.69) is 18.3 Å². The fourth-order valence-electron chi connectivity index (χ4n) is 5.84. The third kappa shape index (κ3) is 3.29. The summed E-state index contributed by atoms with van der Waals surface area (Å²) in [7, 11) is 0. The van der Waals surface area contributed by atoms with Crippen LogP contribution in [0.15, 0.2) is 48.7 Å². The molecule has 3 atom stereocenters. The van der Waals surface area contributed by atoms with Crippen LogP contribution < -0.4 is 5.32 Å². The highest BCUT2D eigenvalue weighted by Gasteiger charge is 2.50. The molecule has 160 valence electrons. The number of nitrogens with one attached hydrogen (secondary N) is 1. The van der Waals surface area contributed by atoms with Crippen molar-refractivity contribution >= 4 is 11.6 Å². The van der Waals surface area contributed by atoms with Crippen molar-refractivity contribution in [3.05, 3.63) is 76.1 Å². The first kappa shape index (κ1) is 20.3. The molecule has 0 spiro atoms. The Morgan fingerprint density at radius 1 is 1.10 bits per heavy atom. The van der Waals surface area contributed by atoms with E-state index < -0.39 is 0 Å². The van der Waals surface area contributed by atoms with Gasteiger partial charge in [-0.05, 0) is 80.1 Å². The van der Waals surface area contributed by atoms with Gasteiger partial charge in [-0.2, -0.15) is 0 Å². The Morgan fingerprint density at radius 2 is 1.87 bits per heavy atom. The molecular formula is C26H27ClN2O2. The molecule has 0 bridgehead atoms. The summed E-state index contributed by atoms with van der Waals surface area (Å²) in [5.74, 6) is 0.277. The smallest absolute Gasteiger partial charge is 0.161 e. The molecular weight excluding hydrogens is 408 g/mol. The van der Waals surface area contributed by atoms with Crippen molar-refractivity contribution in [2.45, 2.75) is 44.6 Å². The third-order valence-electron chi connectivity index (χ3n) is 7.37. The number of benzene rings is 2. The van der Waals surface area contributed by atoms with Gasteiger partial charge in [-0.3, -0.25) is 4.98 Å². The molecule has 0 amide bonds. The maximum atomic E-state index is 10.9. The van der Waals surface area contributed by atoms with Gasteiger partial charge in [0.1, 0.15) is 0 Å². The van der Waals surface area contributed by atoms with Crippen LogP contribution in [0.4, 0.5) is 0 Å². The van der Waals surface area contributed by atoms with E-state index in [1.54, 1.807) is 6.07 Å². The molecule has 4 nitrogen and oxygen atoms in total. The van der Waals surface area contributed by atoms with Gasteiger partial charge in [0.2, 0.25) is 0 Å². The molecule has 1 aliphatic heterocycles. The molecule has 0 radical (unpaired) electrons. The third-order valence-corrected chi connectivity index (χ3v) is 7.63. The van der Waals surface area contributed by atoms with Crippen LogP contribution in [0, 0.1) is 12.8 Å². The molecule has 1 saturated heterocycles. The number of aromatic hydroxyl groups is 2. The number of aromatic nitrogens is 1. The predicted molar refractivity (Wildman–Crippen MR) is 124 cm³/mol.